The first-order valence-corrected chi connectivity index (χ1v) is 9.58. The second-order valence-electron chi connectivity index (χ2n) is 6.51. The van der Waals surface area contributed by atoms with Gasteiger partial charge in [-0.05, 0) is 19.3 Å². The third-order valence-corrected chi connectivity index (χ3v) is 4.86. The van der Waals surface area contributed by atoms with Gasteiger partial charge in [-0.15, -0.1) is 34.2 Å². The van der Waals surface area contributed by atoms with Gasteiger partial charge in [-0.1, -0.05) is 25.4 Å². The predicted molar refractivity (Wildman–Crippen MR) is 115 cm³/mol. The molecular formula is C18H30IN7O. The van der Waals surface area contributed by atoms with Gasteiger partial charge in [0.05, 0.1) is 12.2 Å². The Morgan fingerprint density at radius 3 is 2.67 bits per heavy atom. The van der Waals surface area contributed by atoms with E-state index >= 15 is 0 Å². The van der Waals surface area contributed by atoms with Gasteiger partial charge < -0.3 is 19.7 Å². The van der Waals surface area contributed by atoms with Gasteiger partial charge in [0.1, 0.15) is 11.6 Å². The van der Waals surface area contributed by atoms with E-state index < -0.39 is 0 Å². The summed E-state index contributed by atoms with van der Waals surface area (Å²) in [5.41, 5.74) is 2.14. The van der Waals surface area contributed by atoms with Crippen LogP contribution in [0.4, 0.5) is 0 Å². The molecule has 8 nitrogen and oxygen atoms in total. The molecule has 2 aromatic heterocycles. The fourth-order valence-corrected chi connectivity index (χ4v) is 3.37. The van der Waals surface area contributed by atoms with E-state index in [1.807, 2.05) is 0 Å². The lowest BCUT2D eigenvalue weighted by Gasteiger charge is -2.13. The van der Waals surface area contributed by atoms with Gasteiger partial charge in [-0.3, -0.25) is 4.99 Å². The Balaban J connectivity index is 0.00000261. The second-order valence-corrected chi connectivity index (χ2v) is 6.51. The van der Waals surface area contributed by atoms with E-state index in [4.69, 9.17) is 4.52 Å². The summed E-state index contributed by atoms with van der Waals surface area (Å²) >= 11 is 0. The van der Waals surface area contributed by atoms with Crippen LogP contribution in [-0.4, -0.2) is 32.9 Å². The minimum Gasteiger partial charge on any atom is -0.361 e. The van der Waals surface area contributed by atoms with Gasteiger partial charge in [0.15, 0.2) is 11.8 Å². The van der Waals surface area contributed by atoms with Crippen LogP contribution in [0.15, 0.2) is 9.52 Å². The van der Waals surface area contributed by atoms with Crippen LogP contribution >= 0.6 is 24.0 Å². The van der Waals surface area contributed by atoms with Crippen LogP contribution in [0.5, 0.6) is 0 Å². The largest absolute Gasteiger partial charge is 0.361 e. The maximum Gasteiger partial charge on any atom is 0.191 e. The summed E-state index contributed by atoms with van der Waals surface area (Å²) in [6, 6.07) is 0. The number of hydrogen-bond acceptors (Lipinski definition) is 5. The van der Waals surface area contributed by atoms with Crippen molar-refractivity contribution in [2.24, 2.45) is 4.99 Å². The zero-order chi connectivity index (χ0) is 18.4. The van der Waals surface area contributed by atoms with Crippen molar-refractivity contribution in [3.05, 3.63) is 28.7 Å². The molecule has 2 aromatic rings. The van der Waals surface area contributed by atoms with Gasteiger partial charge in [0.2, 0.25) is 0 Å². The van der Waals surface area contributed by atoms with Crippen molar-refractivity contribution in [3.8, 4) is 0 Å². The first-order valence-electron chi connectivity index (χ1n) is 9.58. The van der Waals surface area contributed by atoms with Crippen LogP contribution in [0.25, 0.3) is 0 Å². The number of aromatic nitrogens is 4. The average molecular weight is 487 g/mol. The number of nitrogens with zero attached hydrogens (tertiary/aromatic N) is 5. The Morgan fingerprint density at radius 1 is 1.11 bits per heavy atom. The molecule has 0 amide bonds. The van der Waals surface area contributed by atoms with E-state index in [1.54, 1.807) is 7.05 Å². The molecule has 0 spiro atoms. The van der Waals surface area contributed by atoms with E-state index in [2.05, 4.69) is 49.4 Å². The SMILES string of the molecule is CCc1noc(CC)c1CNC(=NC)NCc1nnc2n1CCCCC2.I. The third kappa shape index (κ3) is 5.20. The summed E-state index contributed by atoms with van der Waals surface area (Å²) in [6.45, 7) is 6.43. The normalized spacial score (nSPS) is 14.3. The number of rotatable bonds is 6. The van der Waals surface area contributed by atoms with Gasteiger partial charge >= 0.3 is 0 Å². The maximum atomic E-state index is 5.42. The number of aryl methyl sites for hydroxylation is 3. The number of aliphatic imine (C=N–C) groups is 1. The molecule has 150 valence electrons. The van der Waals surface area contributed by atoms with Crippen molar-refractivity contribution in [2.45, 2.75) is 72.0 Å². The Morgan fingerprint density at radius 2 is 1.93 bits per heavy atom. The Hall–Kier alpha value is -1.65. The summed E-state index contributed by atoms with van der Waals surface area (Å²) in [5.74, 6) is 3.75. The van der Waals surface area contributed by atoms with E-state index in [9.17, 15) is 0 Å². The highest BCUT2D eigenvalue weighted by atomic mass is 127. The molecule has 0 atom stereocenters. The van der Waals surface area contributed by atoms with Gasteiger partial charge in [0.25, 0.3) is 0 Å². The van der Waals surface area contributed by atoms with Gasteiger partial charge in [0, 0.05) is 38.5 Å². The Bertz CT molecular complexity index is 731. The number of guanidine groups is 1. The smallest absolute Gasteiger partial charge is 0.191 e. The van der Waals surface area contributed by atoms with Gasteiger partial charge in [-0.25, -0.2) is 0 Å². The van der Waals surface area contributed by atoms with E-state index in [1.165, 1.54) is 19.3 Å². The van der Waals surface area contributed by atoms with Crippen molar-refractivity contribution >= 4 is 29.9 Å². The van der Waals surface area contributed by atoms with Crippen LogP contribution in [0, 0.1) is 0 Å². The second kappa shape index (κ2) is 10.6. The van der Waals surface area contributed by atoms with Crippen molar-refractivity contribution in [2.75, 3.05) is 7.05 Å². The van der Waals surface area contributed by atoms with Crippen molar-refractivity contribution in [1.29, 1.82) is 0 Å². The minimum atomic E-state index is 0. The number of fused-ring (bicyclic) bond motifs is 1. The molecule has 0 saturated carbocycles. The fourth-order valence-electron chi connectivity index (χ4n) is 3.37. The lowest BCUT2D eigenvalue weighted by atomic mass is 10.1. The maximum absolute atomic E-state index is 5.42. The Kier molecular flexibility index (Phi) is 8.52. The molecule has 0 unspecified atom stereocenters. The zero-order valence-electron chi connectivity index (χ0n) is 16.4. The topological polar surface area (TPSA) is 93.2 Å². The lowest BCUT2D eigenvalue weighted by Crippen LogP contribution is -2.37. The summed E-state index contributed by atoms with van der Waals surface area (Å²) in [7, 11) is 1.77. The third-order valence-electron chi connectivity index (χ3n) is 4.86. The van der Waals surface area contributed by atoms with Crippen molar-refractivity contribution < 1.29 is 4.52 Å². The summed E-state index contributed by atoms with van der Waals surface area (Å²) in [4.78, 5) is 4.31. The highest BCUT2D eigenvalue weighted by Gasteiger charge is 2.16. The molecule has 0 aromatic carbocycles. The fraction of sp³-hybridized carbons (Fsp3) is 0.667. The van der Waals surface area contributed by atoms with E-state index in [0.29, 0.717) is 13.1 Å². The molecule has 1 aliphatic heterocycles. The van der Waals surface area contributed by atoms with Crippen LogP contribution in [0.3, 0.4) is 0 Å². The first-order chi connectivity index (χ1) is 12.8. The lowest BCUT2D eigenvalue weighted by molar-refractivity contribution is 0.380. The van der Waals surface area contributed by atoms with Crippen LogP contribution in [0.1, 0.15) is 61.8 Å². The van der Waals surface area contributed by atoms with E-state index in [0.717, 1.165) is 60.4 Å². The molecule has 0 radical (unpaired) electrons. The number of halogens is 1. The molecule has 1 aliphatic rings. The quantitative estimate of drug-likeness (QED) is 0.370. The summed E-state index contributed by atoms with van der Waals surface area (Å²) < 4.78 is 7.67. The molecule has 9 heteroatoms. The van der Waals surface area contributed by atoms with Crippen LogP contribution < -0.4 is 10.6 Å². The zero-order valence-corrected chi connectivity index (χ0v) is 18.7. The van der Waals surface area contributed by atoms with Crippen LogP contribution in [-0.2, 0) is 38.9 Å². The molecule has 2 N–H and O–H groups in total. The van der Waals surface area contributed by atoms with Gasteiger partial charge in [-0.2, -0.15) is 0 Å². The van der Waals surface area contributed by atoms with Crippen molar-refractivity contribution in [3.63, 3.8) is 0 Å². The molecule has 3 rings (SSSR count). The van der Waals surface area contributed by atoms with Crippen LogP contribution in [0.2, 0.25) is 0 Å². The molecular weight excluding hydrogens is 457 g/mol. The first kappa shape index (κ1) is 21.6. The monoisotopic (exact) mass is 487 g/mol. The number of nitrogens with one attached hydrogen (secondary N) is 2. The molecule has 0 aliphatic carbocycles. The molecule has 27 heavy (non-hydrogen) atoms. The molecule has 0 bridgehead atoms. The Labute approximate surface area is 177 Å². The molecule has 3 heterocycles. The number of hydrogen-bond donors (Lipinski definition) is 2. The molecule has 0 fully saturated rings. The minimum absolute atomic E-state index is 0. The predicted octanol–water partition coefficient (Wildman–Crippen LogP) is 2.60. The average Bonchev–Trinajstić information content (AvgIpc) is 3.17. The van der Waals surface area contributed by atoms with E-state index in [-0.39, 0.29) is 24.0 Å². The highest BCUT2D eigenvalue weighted by molar-refractivity contribution is 14.0. The standard InChI is InChI=1S/C18H29N7O.HI/c1-4-14-13(15(5-2)26-24-14)11-20-18(19-3)21-12-17-23-22-16-9-7-6-8-10-25(16)17;/h4-12H2,1-3H3,(H2,19,20,21);1H. The van der Waals surface area contributed by atoms with Crippen molar-refractivity contribution in [1.82, 2.24) is 30.6 Å². The summed E-state index contributed by atoms with van der Waals surface area (Å²) in [5, 5.41) is 19.6. The molecule has 0 saturated heterocycles. The highest BCUT2D eigenvalue weighted by Crippen LogP contribution is 2.16. The summed E-state index contributed by atoms with van der Waals surface area (Å²) in [6.07, 6.45) is 6.37.